The highest BCUT2D eigenvalue weighted by molar-refractivity contribution is 5.95. The van der Waals surface area contributed by atoms with Gasteiger partial charge in [0.1, 0.15) is 11.5 Å². The van der Waals surface area contributed by atoms with Gasteiger partial charge in [-0.2, -0.15) is 0 Å². The average molecular weight is 657 g/mol. The number of hydrogen-bond acceptors (Lipinski definition) is 3. The van der Waals surface area contributed by atoms with Gasteiger partial charge in [-0.25, -0.2) is 0 Å². The van der Waals surface area contributed by atoms with Crippen molar-refractivity contribution in [3.63, 3.8) is 0 Å². The number of hydrogen-bond donors (Lipinski definition) is 2. The molecule has 4 aromatic carbocycles. The number of carbonyl (C=O) groups is 2. The Hall–Kier alpha value is -4.38. The number of primary amides is 2. The summed E-state index contributed by atoms with van der Waals surface area (Å²) in [5, 5.41) is 0. The number of ether oxygens (including phenoxy) is 1. The molecular formula is C44H52N2O3. The van der Waals surface area contributed by atoms with E-state index in [9.17, 15) is 9.59 Å². The van der Waals surface area contributed by atoms with Crippen LogP contribution in [0.2, 0.25) is 0 Å². The van der Waals surface area contributed by atoms with Crippen molar-refractivity contribution in [1.29, 1.82) is 0 Å². The van der Waals surface area contributed by atoms with Crippen LogP contribution < -0.4 is 16.2 Å². The molecule has 0 saturated carbocycles. The minimum Gasteiger partial charge on any atom is -0.457 e. The van der Waals surface area contributed by atoms with Gasteiger partial charge in [0.2, 0.25) is 11.8 Å². The standard InChI is InChI=1S/C44H52N2O3/c1-41(2)17-19-43(5,6)37-29(21-27-13-9-11-15-33(27)39(45)47)23-31(25-35(37)41)49-32-24-30(22-28-14-10-12-16-34(28)40(46)48)38-36(26-32)42(3,4)18-20-44(38,7)8/h9-16,23-26H,17-22H2,1-8H3,(H2,45,47)(H2,46,48). The number of fused-ring (bicyclic) bond motifs is 2. The Bertz CT molecular complexity index is 1820. The minimum atomic E-state index is -0.415. The molecule has 0 radical (unpaired) electrons. The molecule has 6 rings (SSSR count). The van der Waals surface area contributed by atoms with Crippen molar-refractivity contribution in [3.05, 3.63) is 128 Å². The van der Waals surface area contributed by atoms with Gasteiger partial charge in [-0.05, 0) is 141 Å². The molecule has 0 spiro atoms. The molecule has 0 aliphatic heterocycles. The van der Waals surface area contributed by atoms with Gasteiger partial charge in [-0.1, -0.05) is 91.8 Å². The van der Waals surface area contributed by atoms with Crippen LogP contribution in [-0.4, -0.2) is 11.8 Å². The zero-order valence-electron chi connectivity index (χ0n) is 30.6. The maximum Gasteiger partial charge on any atom is 0.248 e. The average Bonchev–Trinajstić information content (AvgIpc) is 3.02. The Morgan fingerprint density at radius 1 is 0.531 bits per heavy atom. The second-order valence-corrected chi connectivity index (χ2v) is 17.0. The van der Waals surface area contributed by atoms with E-state index < -0.39 is 11.8 Å². The van der Waals surface area contributed by atoms with Crippen molar-refractivity contribution < 1.29 is 14.3 Å². The first kappa shape index (κ1) is 34.5. The molecule has 49 heavy (non-hydrogen) atoms. The molecule has 2 aliphatic carbocycles. The predicted molar refractivity (Wildman–Crippen MR) is 199 cm³/mol. The fourth-order valence-electron chi connectivity index (χ4n) is 8.55. The van der Waals surface area contributed by atoms with Crippen LogP contribution in [0.5, 0.6) is 11.5 Å². The normalized spacial score (nSPS) is 18.2. The molecule has 5 nitrogen and oxygen atoms in total. The molecule has 0 aromatic heterocycles. The fraction of sp³-hybridized carbons (Fsp3) is 0.409. The van der Waals surface area contributed by atoms with E-state index in [1.54, 1.807) is 0 Å². The summed E-state index contributed by atoms with van der Waals surface area (Å²) in [4.78, 5) is 24.9. The number of rotatable bonds is 8. The predicted octanol–water partition coefficient (Wildman–Crippen LogP) is 9.56. The van der Waals surface area contributed by atoms with Crippen molar-refractivity contribution in [2.45, 2.75) is 116 Å². The Morgan fingerprint density at radius 2 is 0.878 bits per heavy atom. The fourth-order valence-corrected chi connectivity index (χ4v) is 8.55. The first-order valence-corrected chi connectivity index (χ1v) is 17.7. The molecule has 0 fully saturated rings. The Morgan fingerprint density at radius 3 is 1.24 bits per heavy atom. The second kappa shape index (κ2) is 12.2. The third-order valence-corrected chi connectivity index (χ3v) is 11.5. The van der Waals surface area contributed by atoms with Crippen molar-refractivity contribution in [3.8, 4) is 11.5 Å². The van der Waals surface area contributed by atoms with Crippen molar-refractivity contribution >= 4 is 11.8 Å². The maximum absolute atomic E-state index is 12.4. The highest BCUT2D eigenvalue weighted by Crippen LogP contribution is 2.51. The molecule has 0 bridgehead atoms. The lowest BCUT2D eigenvalue weighted by Crippen LogP contribution is -2.35. The van der Waals surface area contributed by atoms with Crippen molar-refractivity contribution in [1.82, 2.24) is 0 Å². The van der Waals surface area contributed by atoms with Crippen LogP contribution in [0.15, 0.2) is 72.8 Å². The molecule has 4 aromatic rings. The zero-order valence-corrected chi connectivity index (χ0v) is 30.6. The van der Waals surface area contributed by atoms with E-state index in [2.05, 4.69) is 79.7 Å². The molecule has 2 aliphatic rings. The number of nitrogens with two attached hydrogens (primary N) is 2. The van der Waals surface area contributed by atoms with Crippen LogP contribution in [0.25, 0.3) is 0 Å². The van der Waals surface area contributed by atoms with Crippen molar-refractivity contribution in [2.75, 3.05) is 0 Å². The Kier molecular flexibility index (Phi) is 8.58. The summed E-state index contributed by atoms with van der Waals surface area (Å²) in [5.41, 5.74) is 22.0. The molecule has 0 saturated heterocycles. The first-order valence-electron chi connectivity index (χ1n) is 17.7. The number of amides is 2. The van der Waals surface area contributed by atoms with Crippen LogP contribution in [0.4, 0.5) is 0 Å². The summed E-state index contributed by atoms with van der Waals surface area (Å²) in [7, 11) is 0. The summed E-state index contributed by atoms with van der Waals surface area (Å²) >= 11 is 0. The van der Waals surface area contributed by atoms with Crippen LogP contribution in [0.1, 0.15) is 146 Å². The zero-order chi connectivity index (χ0) is 35.5. The van der Waals surface area contributed by atoms with Crippen LogP contribution in [-0.2, 0) is 34.5 Å². The molecule has 0 atom stereocenters. The minimum absolute atomic E-state index is 0.0389. The van der Waals surface area contributed by atoms with Gasteiger partial charge in [0, 0.05) is 11.1 Å². The third-order valence-electron chi connectivity index (χ3n) is 11.5. The van der Waals surface area contributed by atoms with E-state index in [-0.39, 0.29) is 21.7 Å². The van der Waals surface area contributed by atoms with E-state index in [1.165, 1.54) is 22.3 Å². The molecule has 5 heteroatoms. The second-order valence-electron chi connectivity index (χ2n) is 17.0. The third kappa shape index (κ3) is 6.52. The number of benzene rings is 4. The van der Waals surface area contributed by atoms with Crippen LogP contribution in [0, 0.1) is 0 Å². The number of carbonyl (C=O) groups excluding carboxylic acids is 2. The van der Waals surface area contributed by atoms with E-state index in [4.69, 9.17) is 16.2 Å². The highest BCUT2D eigenvalue weighted by Gasteiger charge is 2.41. The van der Waals surface area contributed by atoms with Gasteiger partial charge in [0.05, 0.1) is 0 Å². The van der Waals surface area contributed by atoms with Gasteiger partial charge in [-0.3, -0.25) is 9.59 Å². The lowest BCUT2D eigenvalue weighted by molar-refractivity contribution is 0.0991. The van der Waals surface area contributed by atoms with E-state index in [0.717, 1.165) is 59.4 Å². The highest BCUT2D eigenvalue weighted by atomic mass is 16.5. The molecule has 0 unspecified atom stereocenters. The SMILES string of the molecule is CC1(C)CCC(C)(C)c2c(Cc3ccccc3C(N)=O)cc(Oc3cc(Cc4ccccc4C(N)=O)c4c(c3)C(C)(C)CCC4(C)C)cc21. The lowest BCUT2D eigenvalue weighted by atomic mass is 9.61. The Balaban J connectivity index is 1.53. The smallest absolute Gasteiger partial charge is 0.248 e. The van der Waals surface area contributed by atoms with Crippen molar-refractivity contribution in [2.24, 2.45) is 11.5 Å². The van der Waals surface area contributed by atoms with Gasteiger partial charge in [-0.15, -0.1) is 0 Å². The van der Waals surface area contributed by atoms with Gasteiger partial charge >= 0.3 is 0 Å². The molecule has 0 heterocycles. The van der Waals surface area contributed by atoms with Gasteiger partial charge in [0.15, 0.2) is 0 Å². The summed E-state index contributed by atoms with van der Waals surface area (Å²) in [6.07, 6.45) is 5.45. The largest absolute Gasteiger partial charge is 0.457 e. The van der Waals surface area contributed by atoms with E-state index in [1.807, 2.05) is 48.5 Å². The molecule has 4 N–H and O–H groups in total. The summed E-state index contributed by atoms with van der Waals surface area (Å²) < 4.78 is 6.96. The molecule has 256 valence electrons. The molecule has 2 amide bonds. The van der Waals surface area contributed by atoms with Gasteiger partial charge < -0.3 is 16.2 Å². The Labute approximate surface area is 292 Å². The monoisotopic (exact) mass is 656 g/mol. The molecular weight excluding hydrogens is 604 g/mol. The van der Waals surface area contributed by atoms with Crippen LogP contribution in [0.3, 0.4) is 0 Å². The summed E-state index contributed by atoms with van der Waals surface area (Å²) in [6.45, 7) is 18.6. The quantitative estimate of drug-likeness (QED) is 0.198. The topological polar surface area (TPSA) is 95.4 Å². The van der Waals surface area contributed by atoms with Crippen LogP contribution >= 0.6 is 0 Å². The van der Waals surface area contributed by atoms with E-state index >= 15 is 0 Å². The first-order chi connectivity index (χ1) is 22.9. The summed E-state index contributed by atoms with van der Waals surface area (Å²) in [6, 6.07) is 24.2. The van der Waals surface area contributed by atoms with E-state index in [0.29, 0.717) is 24.0 Å². The maximum atomic E-state index is 12.4. The lowest BCUT2D eigenvalue weighted by Gasteiger charge is -2.44. The van der Waals surface area contributed by atoms with Gasteiger partial charge in [0.25, 0.3) is 0 Å². The summed E-state index contributed by atoms with van der Waals surface area (Å²) in [5.74, 6) is 0.739.